The zero-order valence-electron chi connectivity index (χ0n) is 10.7. The number of carbonyl (C=O) groups excluding carboxylic acids is 1. The van der Waals surface area contributed by atoms with E-state index < -0.39 is 17.6 Å². The van der Waals surface area contributed by atoms with Gasteiger partial charge < -0.3 is 9.84 Å². The Balaban J connectivity index is 2.13. The molecule has 0 fully saturated rings. The number of benzene rings is 1. The number of hydrogen-bond donors (Lipinski definition) is 1. The molecular weight excluding hydrogens is 311 g/mol. The van der Waals surface area contributed by atoms with Crippen LogP contribution in [0.4, 0.5) is 13.2 Å². The molecule has 21 heavy (non-hydrogen) atoms. The molecule has 1 amide bonds. The van der Waals surface area contributed by atoms with E-state index in [0.29, 0.717) is 5.89 Å². The molecular formula is C12H9ClF3N3O2. The molecule has 0 aliphatic heterocycles. The van der Waals surface area contributed by atoms with Gasteiger partial charge >= 0.3 is 6.18 Å². The normalized spacial score (nSPS) is 11.5. The van der Waals surface area contributed by atoms with Crippen molar-refractivity contribution >= 4 is 17.5 Å². The van der Waals surface area contributed by atoms with E-state index in [-0.39, 0.29) is 23.0 Å². The second-order valence-corrected chi connectivity index (χ2v) is 4.58. The second-order valence-electron chi connectivity index (χ2n) is 4.14. The Hall–Kier alpha value is -2.09. The van der Waals surface area contributed by atoms with Crippen LogP contribution in [0.15, 0.2) is 22.7 Å². The lowest BCUT2D eigenvalue weighted by Gasteiger charge is -2.09. The number of halogens is 4. The average Bonchev–Trinajstić information content (AvgIpc) is 2.80. The molecule has 112 valence electrons. The maximum Gasteiger partial charge on any atom is 0.416 e. The maximum absolute atomic E-state index is 12.6. The summed E-state index contributed by atoms with van der Waals surface area (Å²) in [6, 6.07) is 2.62. The van der Waals surface area contributed by atoms with Crippen molar-refractivity contribution in [2.75, 3.05) is 0 Å². The highest BCUT2D eigenvalue weighted by Gasteiger charge is 2.31. The molecule has 1 aromatic heterocycles. The summed E-state index contributed by atoms with van der Waals surface area (Å²) in [5.74, 6) is -0.175. The van der Waals surface area contributed by atoms with Crippen molar-refractivity contribution in [3.05, 3.63) is 46.1 Å². The van der Waals surface area contributed by atoms with E-state index >= 15 is 0 Å². The first-order valence-electron chi connectivity index (χ1n) is 5.71. The van der Waals surface area contributed by atoms with E-state index in [2.05, 4.69) is 15.5 Å². The molecule has 0 aliphatic rings. The topological polar surface area (TPSA) is 68.0 Å². The first kappa shape index (κ1) is 15.3. The largest absolute Gasteiger partial charge is 0.416 e. The maximum atomic E-state index is 12.6. The minimum Gasteiger partial charge on any atom is -0.345 e. The molecule has 2 aromatic rings. The molecule has 9 heteroatoms. The summed E-state index contributed by atoms with van der Waals surface area (Å²) in [6.45, 7) is 1.51. The number of nitrogens with zero attached hydrogens (tertiary/aromatic N) is 2. The highest BCUT2D eigenvalue weighted by atomic mass is 35.5. The lowest BCUT2D eigenvalue weighted by molar-refractivity contribution is -0.137. The molecule has 1 heterocycles. The van der Waals surface area contributed by atoms with Crippen molar-refractivity contribution in [1.82, 2.24) is 15.5 Å². The fourth-order valence-electron chi connectivity index (χ4n) is 1.56. The number of alkyl halides is 3. The molecule has 0 bridgehead atoms. The fourth-order valence-corrected chi connectivity index (χ4v) is 1.79. The fraction of sp³-hybridized carbons (Fsp3) is 0.250. The predicted molar refractivity (Wildman–Crippen MR) is 66.7 cm³/mol. The summed E-state index contributed by atoms with van der Waals surface area (Å²) in [7, 11) is 0. The number of nitrogens with one attached hydrogen (secondary N) is 1. The van der Waals surface area contributed by atoms with Crippen LogP contribution in [0.3, 0.4) is 0 Å². The van der Waals surface area contributed by atoms with Crippen molar-refractivity contribution in [1.29, 1.82) is 0 Å². The van der Waals surface area contributed by atoms with Crippen molar-refractivity contribution in [3.63, 3.8) is 0 Å². The van der Waals surface area contributed by atoms with Gasteiger partial charge in [0, 0.05) is 17.5 Å². The van der Waals surface area contributed by atoms with Gasteiger partial charge in [0.1, 0.15) is 0 Å². The van der Waals surface area contributed by atoms with Gasteiger partial charge in [0.2, 0.25) is 5.89 Å². The highest BCUT2D eigenvalue weighted by Crippen LogP contribution is 2.31. The first-order valence-corrected chi connectivity index (χ1v) is 6.08. The Morgan fingerprint density at radius 2 is 2.10 bits per heavy atom. The summed E-state index contributed by atoms with van der Waals surface area (Å²) in [6.07, 6.45) is -4.58. The van der Waals surface area contributed by atoms with Crippen LogP contribution in [0.25, 0.3) is 0 Å². The number of rotatable bonds is 3. The minimum atomic E-state index is -4.58. The van der Waals surface area contributed by atoms with E-state index in [1.807, 2.05) is 0 Å². The summed E-state index contributed by atoms with van der Waals surface area (Å²) < 4.78 is 42.6. The Morgan fingerprint density at radius 3 is 2.67 bits per heavy atom. The third-order valence-corrected chi connectivity index (χ3v) is 2.68. The third kappa shape index (κ3) is 3.94. The van der Waals surface area contributed by atoms with Gasteiger partial charge in [-0.05, 0) is 18.2 Å². The van der Waals surface area contributed by atoms with E-state index in [1.54, 1.807) is 6.92 Å². The SMILES string of the molecule is Cc1nc(CNC(=O)c2cc(Cl)cc(C(F)(F)F)c2)no1. The monoisotopic (exact) mass is 319 g/mol. The zero-order chi connectivity index (χ0) is 15.6. The van der Waals surface area contributed by atoms with Gasteiger partial charge in [-0.1, -0.05) is 16.8 Å². The summed E-state index contributed by atoms with van der Waals surface area (Å²) in [5.41, 5.74) is -1.19. The molecule has 0 saturated heterocycles. The number of carbonyl (C=O) groups is 1. The van der Waals surface area contributed by atoms with Gasteiger partial charge in [0.25, 0.3) is 5.91 Å². The summed E-state index contributed by atoms with van der Waals surface area (Å²) >= 11 is 5.60. The third-order valence-electron chi connectivity index (χ3n) is 2.46. The Kier molecular flexibility index (Phi) is 4.17. The van der Waals surface area contributed by atoms with Gasteiger partial charge in [0.05, 0.1) is 12.1 Å². The first-order chi connectivity index (χ1) is 9.75. The molecule has 0 atom stereocenters. The summed E-state index contributed by atoms with van der Waals surface area (Å²) in [4.78, 5) is 15.7. The Labute approximate surface area is 122 Å². The standard InChI is InChI=1S/C12H9ClF3N3O2/c1-6-18-10(19-21-6)5-17-11(20)7-2-8(12(14,15)16)4-9(13)3-7/h2-4H,5H2,1H3,(H,17,20). The average molecular weight is 320 g/mol. The van der Waals surface area contributed by atoms with Crippen LogP contribution in [0.1, 0.15) is 27.6 Å². The van der Waals surface area contributed by atoms with Gasteiger partial charge in [-0.3, -0.25) is 4.79 Å². The van der Waals surface area contributed by atoms with Crippen LogP contribution >= 0.6 is 11.6 Å². The quantitative estimate of drug-likeness (QED) is 0.944. The van der Waals surface area contributed by atoms with Crippen LogP contribution in [-0.4, -0.2) is 16.0 Å². The molecule has 1 aromatic carbocycles. The number of hydrogen-bond acceptors (Lipinski definition) is 4. The van der Waals surface area contributed by atoms with Crippen LogP contribution in [0, 0.1) is 6.92 Å². The number of aryl methyl sites for hydroxylation is 1. The van der Waals surface area contributed by atoms with Gasteiger partial charge in [0.15, 0.2) is 5.82 Å². The van der Waals surface area contributed by atoms with Gasteiger partial charge in [-0.2, -0.15) is 18.2 Å². The van der Waals surface area contributed by atoms with E-state index in [4.69, 9.17) is 16.1 Å². The smallest absolute Gasteiger partial charge is 0.345 e. The van der Waals surface area contributed by atoms with Crippen LogP contribution in [0.5, 0.6) is 0 Å². The molecule has 0 unspecified atom stereocenters. The molecule has 0 spiro atoms. The predicted octanol–water partition coefficient (Wildman–Crippen LogP) is 2.98. The molecule has 1 N–H and O–H groups in total. The number of amides is 1. The van der Waals surface area contributed by atoms with Crippen molar-refractivity contribution in [2.45, 2.75) is 19.6 Å². The lowest BCUT2D eigenvalue weighted by atomic mass is 10.1. The van der Waals surface area contributed by atoms with E-state index in [0.717, 1.165) is 18.2 Å². The highest BCUT2D eigenvalue weighted by molar-refractivity contribution is 6.31. The Morgan fingerprint density at radius 1 is 1.38 bits per heavy atom. The molecule has 0 aliphatic carbocycles. The Bertz CT molecular complexity index is 670. The minimum absolute atomic E-state index is 0.0654. The van der Waals surface area contributed by atoms with Gasteiger partial charge in [-0.25, -0.2) is 0 Å². The second kappa shape index (κ2) is 5.72. The van der Waals surface area contributed by atoms with E-state index in [1.165, 1.54) is 0 Å². The lowest BCUT2D eigenvalue weighted by Crippen LogP contribution is -2.24. The molecule has 0 radical (unpaired) electrons. The van der Waals surface area contributed by atoms with Gasteiger partial charge in [-0.15, -0.1) is 0 Å². The van der Waals surface area contributed by atoms with Crippen LogP contribution < -0.4 is 5.32 Å². The molecule has 2 rings (SSSR count). The van der Waals surface area contributed by atoms with Crippen molar-refractivity contribution in [3.8, 4) is 0 Å². The molecule has 0 saturated carbocycles. The van der Waals surface area contributed by atoms with Crippen molar-refractivity contribution < 1.29 is 22.5 Å². The van der Waals surface area contributed by atoms with E-state index in [9.17, 15) is 18.0 Å². The van der Waals surface area contributed by atoms with Crippen LogP contribution in [-0.2, 0) is 12.7 Å². The van der Waals surface area contributed by atoms with Crippen LogP contribution in [0.2, 0.25) is 5.02 Å². The number of aromatic nitrogens is 2. The zero-order valence-corrected chi connectivity index (χ0v) is 11.4. The van der Waals surface area contributed by atoms with Crippen molar-refractivity contribution in [2.24, 2.45) is 0 Å². The molecule has 5 nitrogen and oxygen atoms in total. The summed E-state index contributed by atoms with van der Waals surface area (Å²) in [5, 5.41) is 5.76.